The molecule has 8 nitrogen and oxygen atoms in total. The van der Waals surface area contributed by atoms with Crippen LogP contribution in [0.25, 0.3) is 33.5 Å². The maximum Gasteiger partial charge on any atom is 0.274 e. The van der Waals surface area contributed by atoms with Crippen molar-refractivity contribution in [3.63, 3.8) is 0 Å². The van der Waals surface area contributed by atoms with Crippen LogP contribution in [0.3, 0.4) is 0 Å². The predicted molar refractivity (Wildman–Crippen MR) is 127 cm³/mol. The smallest absolute Gasteiger partial charge is 0.274 e. The zero-order valence-corrected chi connectivity index (χ0v) is 18.6. The largest absolute Gasteiger partial charge is 0.288 e. The van der Waals surface area contributed by atoms with E-state index in [2.05, 4.69) is 10.3 Å². The Morgan fingerprint density at radius 2 is 1.74 bits per heavy atom. The second-order valence-corrected chi connectivity index (χ2v) is 8.69. The van der Waals surface area contributed by atoms with E-state index in [1.807, 2.05) is 45.8 Å². The highest BCUT2D eigenvalue weighted by Gasteiger charge is 2.26. The van der Waals surface area contributed by atoms with E-state index in [0.717, 1.165) is 52.0 Å². The first-order valence-electron chi connectivity index (χ1n) is 11.3. The van der Waals surface area contributed by atoms with Gasteiger partial charge in [-0.05, 0) is 73.0 Å². The Kier molecular flexibility index (Phi) is 5.11. The van der Waals surface area contributed by atoms with Crippen molar-refractivity contribution < 1.29 is 14.4 Å². The molecule has 0 bridgehead atoms. The Balaban J connectivity index is 1.40. The van der Waals surface area contributed by atoms with Gasteiger partial charge < -0.3 is 0 Å². The number of rotatable bonds is 6. The van der Waals surface area contributed by atoms with Crippen LogP contribution in [0.2, 0.25) is 0 Å². The molecule has 0 atom stereocenters. The molecule has 174 valence electrons. The molecule has 35 heavy (non-hydrogen) atoms. The second kappa shape index (κ2) is 8.44. The van der Waals surface area contributed by atoms with Gasteiger partial charge in [0.2, 0.25) is 0 Å². The van der Waals surface area contributed by atoms with Crippen molar-refractivity contribution in [1.29, 1.82) is 0 Å². The van der Waals surface area contributed by atoms with Crippen molar-refractivity contribution in [2.45, 2.75) is 25.4 Å². The molecular weight excluding hydrogens is 447 g/mol. The van der Waals surface area contributed by atoms with Gasteiger partial charge in [0.1, 0.15) is 11.3 Å². The first-order chi connectivity index (χ1) is 17.1. The summed E-state index contributed by atoms with van der Waals surface area (Å²) in [5, 5.41) is 22.4. The number of fused-ring (bicyclic) bond motifs is 1. The highest BCUT2D eigenvalue weighted by atomic mass is 19.1. The minimum absolute atomic E-state index is 0.301. The molecule has 6 rings (SSSR count). The molecule has 0 saturated heterocycles. The van der Waals surface area contributed by atoms with Crippen LogP contribution in [0.15, 0.2) is 72.8 Å². The third kappa shape index (κ3) is 4.06. The van der Waals surface area contributed by atoms with E-state index in [0.29, 0.717) is 18.2 Å². The lowest BCUT2D eigenvalue weighted by Gasteiger charge is -2.09. The number of aromatic nitrogens is 5. The molecule has 0 radical (unpaired) electrons. The van der Waals surface area contributed by atoms with Crippen LogP contribution in [-0.2, 0) is 6.54 Å². The maximum atomic E-state index is 13.5. The lowest BCUT2D eigenvalue weighted by molar-refractivity contribution is 0.0706. The zero-order valence-electron chi connectivity index (χ0n) is 18.6. The first kappa shape index (κ1) is 21.2. The molecule has 2 N–H and O–H groups in total. The van der Waals surface area contributed by atoms with Crippen LogP contribution < -0.4 is 5.48 Å². The van der Waals surface area contributed by atoms with Crippen LogP contribution in [-0.4, -0.2) is 35.9 Å². The summed E-state index contributed by atoms with van der Waals surface area (Å²) in [7, 11) is 0. The predicted octanol–water partition coefficient (Wildman–Crippen LogP) is 4.60. The first-order valence-corrected chi connectivity index (χ1v) is 11.3. The van der Waals surface area contributed by atoms with E-state index < -0.39 is 5.91 Å². The molecule has 0 spiro atoms. The highest BCUT2D eigenvalue weighted by Crippen LogP contribution is 2.37. The van der Waals surface area contributed by atoms with Gasteiger partial charge in [-0.15, -0.1) is 5.10 Å². The number of carbonyl (C=O) groups is 1. The van der Waals surface area contributed by atoms with E-state index in [9.17, 15) is 9.18 Å². The van der Waals surface area contributed by atoms with Gasteiger partial charge in [0.05, 0.1) is 29.5 Å². The average molecular weight is 468 g/mol. The molecule has 9 heteroatoms. The number of amides is 1. The number of hydroxylamine groups is 1. The molecule has 2 aromatic heterocycles. The fourth-order valence-electron chi connectivity index (χ4n) is 4.22. The fraction of sp³-hybridized carbons (Fsp3) is 0.154. The summed E-state index contributed by atoms with van der Waals surface area (Å²) in [6.07, 6.45) is 2.26. The molecule has 0 aliphatic heterocycles. The molecule has 2 heterocycles. The summed E-state index contributed by atoms with van der Waals surface area (Å²) in [6, 6.07) is 21.7. The zero-order chi connectivity index (χ0) is 23.9. The van der Waals surface area contributed by atoms with E-state index in [4.69, 9.17) is 10.3 Å². The SMILES string of the molecule is O=C(NO)c1ccc(Cn2nc(-c3ccc(F)cc3)cc2-c2ccc3c(c2)nnn3C2CC2)cc1. The minimum atomic E-state index is -0.567. The van der Waals surface area contributed by atoms with Crippen LogP contribution in [0.1, 0.15) is 34.8 Å². The Morgan fingerprint density at radius 1 is 1.00 bits per heavy atom. The lowest BCUT2D eigenvalue weighted by Crippen LogP contribution is -2.18. The normalized spacial score (nSPS) is 13.3. The van der Waals surface area contributed by atoms with Crippen LogP contribution in [0, 0.1) is 5.82 Å². The van der Waals surface area contributed by atoms with Gasteiger partial charge in [-0.25, -0.2) is 14.6 Å². The Labute approximate surface area is 199 Å². The summed E-state index contributed by atoms with van der Waals surface area (Å²) < 4.78 is 17.4. The second-order valence-electron chi connectivity index (χ2n) is 8.69. The van der Waals surface area contributed by atoms with Crippen LogP contribution in [0.4, 0.5) is 4.39 Å². The lowest BCUT2D eigenvalue weighted by atomic mass is 10.1. The van der Waals surface area contributed by atoms with Gasteiger partial charge in [0.15, 0.2) is 0 Å². The van der Waals surface area contributed by atoms with Gasteiger partial charge in [0, 0.05) is 16.7 Å². The summed E-state index contributed by atoms with van der Waals surface area (Å²) in [6.45, 7) is 0.449. The average Bonchev–Trinajstić information content (AvgIpc) is 3.51. The number of nitrogens with one attached hydrogen (secondary N) is 1. The topological polar surface area (TPSA) is 97.9 Å². The number of hydrogen-bond donors (Lipinski definition) is 2. The molecule has 1 saturated carbocycles. The molecule has 0 unspecified atom stereocenters. The van der Waals surface area contributed by atoms with Crippen molar-refractivity contribution >= 4 is 16.9 Å². The number of hydrogen-bond acceptors (Lipinski definition) is 5. The van der Waals surface area contributed by atoms with Crippen molar-refractivity contribution in [2.75, 3.05) is 0 Å². The van der Waals surface area contributed by atoms with E-state index in [1.54, 1.807) is 29.7 Å². The quantitative estimate of drug-likeness (QED) is 0.280. The van der Waals surface area contributed by atoms with Gasteiger partial charge in [-0.2, -0.15) is 5.10 Å². The number of nitrogens with zero attached hydrogens (tertiary/aromatic N) is 5. The Hall–Kier alpha value is -4.37. The third-order valence-electron chi connectivity index (χ3n) is 6.23. The summed E-state index contributed by atoms with van der Waals surface area (Å²) in [4.78, 5) is 11.6. The molecule has 3 aromatic carbocycles. The fourth-order valence-corrected chi connectivity index (χ4v) is 4.22. The molecular formula is C26H21FN6O2. The van der Waals surface area contributed by atoms with E-state index in [1.165, 1.54) is 12.1 Å². The summed E-state index contributed by atoms with van der Waals surface area (Å²) in [5.41, 5.74) is 8.10. The van der Waals surface area contributed by atoms with Crippen molar-refractivity contribution in [3.05, 3.63) is 89.7 Å². The van der Waals surface area contributed by atoms with Crippen LogP contribution >= 0.6 is 0 Å². The summed E-state index contributed by atoms with van der Waals surface area (Å²) in [5.74, 6) is -0.868. The van der Waals surface area contributed by atoms with Crippen molar-refractivity contribution in [3.8, 4) is 22.5 Å². The number of halogens is 1. The standard InChI is InChI=1S/C26H21FN6O2/c27-20-8-5-17(6-9-20)22-14-25(19-7-12-24-23(13-19)28-31-33(24)21-10-11-21)32(29-22)15-16-1-3-18(4-2-16)26(34)30-35/h1-9,12-14,21,35H,10-11,15H2,(H,30,34). The third-order valence-corrected chi connectivity index (χ3v) is 6.23. The molecule has 5 aromatic rings. The number of benzene rings is 3. The van der Waals surface area contributed by atoms with Crippen molar-refractivity contribution in [2.24, 2.45) is 0 Å². The maximum absolute atomic E-state index is 13.5. The van der Waals surface area contributed by atoms with E-state index >= 15 is 0 Å². The van der Waals surface area contributed by atoms with Gasteiger partial charge >= 0.3 is 0 Å². The highest BCUT2D eigenvalue weighted by molar-refractivity contribution is 5.93. The molecule has 1 aliphatic carbocycles. The van der Waals surface area contributed by atoms with Crippen molar-refractivity contribution in [1.82, 2.24) is 30.3 Å². The summed E-state index contributed by atoms with van der Waals surface area (Å²) >= 11 is 0. The monoisotopic (exact) mass is 468 g/mol. The van der Waals surface area contributed by atoms with E-state index in [-0.39, 0.29) is 5.82 Å². The minimum Gasteiger partial charge on any atom is -0.288 e. The van der Waals surface area contributed by atoms with Gasteiger partial charge in [-0.1, -0.05) is 23.4 Å². The molecule has 1 amide bonds. The van der Waals surface area contributed by atoms with Crippen LogP contribution in [0.5, 0.6) is 0 Å². The van der Waals surface area contributed by atoms with Gasteiger partial charge in [-0.3, -0.25) is 14.7 Å². The van der Waals surface area contributed by atoms with Gasteiger partial charge in [0.25, 0.3) is 5.91 Å². The molecule has 1 fully saturated rings. The molecule has 1 aliphatic rings. The Bertz CT molecular complexity index is 1530. The Morgan fingerprint density at radius 3 is 2.46 bits per heavy atom. The number of carbonyl (C=O) groups excluding carboxylic acids is 1.